The molecule has 1 N–H and O–H groups in total. The zero-order valence-electron chi connectivity index (χ0n) is 20.7. The van der Waals surface area contributed by atoms with E-state index in [2.05, 4.69) is 32.2 Å². The summed E-state index contributed by atoms with van der Waals surface area (Å²) in [6.07, 6.45) is -3.48. The first-order chi connectivity index (χ1) is 18.1. The predicted molar refractivity (Wildman–Crippen MR) is 129 cm³/mol. The molecule has 0 bridgehead atoms. The smallest absolute Gasteiger partial charge is 0.422 e. The monoisotopic (exact) mass is 530 g/mol. The molecule has 200 valence electrons. The van der Waals surface area contributed by atoms with Gasteiger partial charge in [-0.15, -0.1) is 10.2 Å². The van der Waals surface area contributed by atoms with Crippen molar-refractivity contribution < 1.29 is 32.2 Å². The Morgan fingerprint density at radius 3 is 2.74 bits per heavy atom. The number of nitrogens with one attached hydrogen (secondary N) is 1. The van der Waals surface area contributed by atoms with Gasteiger partial charge >= 0.3 is 12.3 Å². The number of alkyl halides is 3. The van der Waals surface area contributed by atoms with Crippen molar-refractivity contribution in [1.82, 2.24) is 24.6 Å². The molecule has 5 rings (SSSR count). The minimum atomic E-state index is -4.61. The Bertz CT molecular complexity index is 1390. The van der Waals surface area contributed by atoms with E-state index in [4.69, 9.17) is 4.74 Å². The normalized spacial score (nSPS) is 16.6. The lowest BCUT2D eigenvalue weighted by molar-refractivity contribution is -0.162. The Morgan fingerprint density at radius 1 is 1.16 bits per heavy atom. The van der Waals surface area contributed by atoms with Gasteiger partial charge in [-0.05, 0) is 55.2 Å². The summed E-state index contributed by atoms with van der Waals surface area (Å²) in [6.45, 7) is 0.614. The van der Waals surface area contributed by atoms with Crippen LogP contribution in [0.2, 0.25) is 0 Å². The summed E-state index contributed by atoms with van der Waals surface area (Å²) < 4.78 is 49.2. The molecular weight excluding hydrogens is 505 g/mol. The third kappa shape index (κ3) is 5.13. The number of nitrogens with zero attached hydrogens (tertiary/aromatic N) is 5. The van der Waals surface area contributed by atoms with Crippen LogP contribution in [0.15, 0.2) is 30.3 Å². The highest BCUT2D eigenvalue weighted by molar-refractivity contribution is 6.06. The van der Waals surface area contributed by atoms with E-state index in [1.165, 1.54) is 12.0 Å². The molecule has 0 fully saturated rings. The predicted octanol–water partition coefficient (Wildman–Crippen LogP) is 4.17. The third-order valence-electron chi connectivity index (χ3n) is 6.61. The van der Waals surface area contributed by atoms with E-state index < -0.39 is 24.8 Å². The van der Waals surface area contributed by atoms with Crippen molar-refractivity contribution >= 4 is 17.8 Å². The number of carbonyl (C=O) groups is 2. The van der Waals surface area contributed by atoms with Gasteiger partial charge < -0.3 is 24.3 Å². The summed E-state index contributed by atoms with van der Waals surface area (Å²) in [5, 5.41) is 11.3. The number of fused-ring (bicyclic) bond motifs is 2. The van der Waals surface area contributed by atoms with Gasteiger partial charge in [-0.3, -0.25) is 4.79 Å². The summed E-state index contributed by atoms with van der Waals surface area (Å²) in [4.78, 5) is 31.1. The highest BCUT2D eigenvalue weighted by Gasteiger charge is 2.32. The molecule has 2 aliphatic heterocycles. The SMILES string of the molecule is COc1cc2c(cc1C(=O)Nc1cccc(-c3nnc4n3[C@@H](C)CC4)n1)CN(C(=O)OCC(F)(F)F)CC2. The second-order valence-corrected chi connectivity index (χ2v) is 9.22. The Hall–Kier alpha value is -4.16. The number of carbonyl (C=O) groups excluding carboxylic acids is 2. The molecule has 3 aromatic rings. The van der Waals surface area contributed by atoms with Crippen molar-refractivity contribution in [2.45, 2.75) is 44.9 Å². The first-order valence-electron chi connectivity index (χ1n) is 12.0. The lowest BCUT2D eigenvalue weighted by atomic mass is 9.96. The van der Waals surface area contributed by atoms with Crippen LogP contribution in [0.1, 0.15) is 46.7 Å². The van der Waals surface area contributed by atoms with Crippen LogP contribution in [0.4, 0.5) is 23.8 Å². The largest absolute Gasteiger partial charge is 0.496 e. The molecule has 1 atom stereocenters. The molecule has 2 amide bonds. The summed E-state index contributed by atoms with van der Waals surface area (Å²) in [7, 11) is 1.44. The van der Waals surface area contributed by atoms with E-state index in [9.17, 15) is 22.8 Å². The fourth-order valence-corrected chi connectivity index (χ4v) is 4.74. The maximum absolute atomic E-state index is 13.3. The maximum Gasteiger partial charge on any atom is 0.422 e. The topological polar surface area (TPSA) is 111 Å². The van der Waals surface area contributed by atoms with Gasteiger partial charge in [0.2, 0.25) is 0 Å². The third-order valence-corrected chi connectivity index (χ3v) is 6.61. The molecule has 0 saturated heterocycles. The highest BCUT2D eigenvalue weighted by atomic mass is 19.4. The van der Waals surface area contributed by atoms with Crippen molar-refractivity contribution in [3.05, 3.63) is 52.8 Å². The van der Waals surface area contributed by atoms with E-state index in [0.717, 1.165) is 24.2 Å². The zero-order chi connectivity index (χ0) is 27.0. The molecule has 0 saturated carbocycles. The average molecular weight is 531 g/mol. The Kier molecular flexibility index (Phi) is 6.67. The van der Waals surface area contributed by atoms with Crippen LogP contribution in [-0.2, 0) is 24.1 Å². The van der Waals surface area contributed by atoms with Crippen LogP contribution in [0.3, 0.4) is 0 Å². The molecule has 4 heterocycles. The minimum absolute atomic E-state index is 0.000208. The first-order valence-corrected chi connectivity index (χ1v) is 12.0. The number of methoxy groups -OCH3 is 1. The molecule has 10 nitrogen and oxygen atoms in total. The Balaban J connectivity index is 1.35. The van der Waals surface area contributed by atoms with E-state index >= 15 is 0 Å². The lowest BCUT2D eigenvalue weighted by Crippen LogP contribution is -2.38. The number of pyridine rings is 1. The number of halogens is 3. The molecule has 0 unspecified atom stereocenters. The van der Waals surface area contributed by atoms with Crippen LogP contribution < -0.4 is 10.1 Å². The average Bonchev–Trinajstić information content (AvgIpc) is 3.48. The number of benzene rings is 1. The van der Waals surface area contributed by atoms with Crippen LogP contribution in [0.25, 0.3) is 11.5 Å². The van der Waals surface area contributed by atoms with Gasteiger partial charge in [-0.25, -0.2) is 9.78 Å². The second kappa shape index (κ2) is 9.95. The van der Waals surface area contributed by atoms with E-state index in [0.29, 0.717) is 35.1 Å². The van der Waals surface area contributed by atoms with Crippen molar-refractivity contribution in [1.29, 1.82) is 0 Å². The van der Waals surface area contributed by atoms with Crippen molar-refractivity contribution in [2.75, 3.05) is 25.6 Å². The fourth-order valence-electron chi connectivity index (χ4n) is 4.74. The van der Waals surface area contributed by atoms with Gasteiger partial charge in [0.15, 0.2) is 12.4 Å². The molecule has 13 heteroatoms. The fraction of sp³-hybridized carbons (Fsp3) is 0.400. The van der Waals surface area contributed by atoms with Crippen molar-refractivity contribution in [2.24, 2.45) is 0 Å². The molecule has 1 aromatic carbocycles. The Labute approximate surface area is 215 Å². The minimum Gasteiger partial charge on any atom is -0.496 e. The van der Waals surface area contributed by atoms with Gasteiger partial charge in [-0.2, -0.15) is 13.2 Å². The second-order valence-electron chi connectivity index (χ2n) is 9.22. The first kappa shape index (κ1) is 25.5. The van der Waals surface area contributed by atoms with Crippen LogP contribution >= 0.6 is 0 Å². The molecular formula is C25H25F3N6O4. The zero-order valence-corrected chi connectivity index (χ0v) is 20.7. The van der Waals surface area contributed by atoms with Crippen molar-refractivity contribution in [3.63, 3.8) is 0 Å². The number of anilines is 1. The molecule has 2 aromatic heterocycles. The summed E-state index contributed by atoms with van der Waals surface area (Å²) in [6, 6.07) is 8.73. The van der Waals surface area contributed by atoms with Gasteiger partial charge in [0.05, 0.1) is 12.7 Å². The van der Waals surface area contributed by atoms with Gasteiger partial charge in [0.1, 0.15) is 23.1 Å². The summed E-state index contributed by atoms with van der Waals surface area (Å²) >= 11 is 0. The summed E-state index contributed by atoms with van der Waals surface area (Å²) in [5.74, 6) is 1.66. The number of hydrogen-bond acceptors (Lipinski definition) is 7. The van der Waals surface area contributed by atoms with Crippen LogP contribution in [-0.4, -0.2) is 63.1 Å². The van der Waals surface area contributed by atoms with Crippen molar-refractivity contribution in [3.8, 4) is 17.3 Å². The number of hydrogen-bond donors (Lipinski definition) is 1. The number of amides is 2. The molecule has 0 aliphatic carbocycles. The summed E-state index contributed by atoms with van der Waals surface area (Å²) in [5.41, 5.74) is 2.20. The number of ether oxygens (including phenoxy) is 2. The molecule has 0 spiro atoms. The van der Waals surface area contributed by atoms with Gasteiger partial charge in [-0.1, -0.05) is 6.07 Å². The van der Waals surface area contributed by atoms with E-state index in [1.54, 1.807) is 30.3 Å². The van der Waals surface area contributed by atoms with Crippen LogP contribution in [0, 0.1) is 0 Å². The number of aryl methyl sites for hydroxylation is 1. The Morgan fingerprint density at radius 2 is 1.97 bits per heavy atom. The van der Waals surface area contributed by atoms with E-state index in [1.807, 2.05) is 4.57 Å². The maximum atomic E-state index is 13.3. The lowest BCUT2D eigenvalue weighted by Gasteiger charge is -2.29. The quantitative estimate of drug-likeness (QED) is 0.527. The van der Waals surface area contributed by atoms with Gasteiger partial charge in [0.25, 0.3) is 5.91 Å². The highest BCUT2D eigenvalue weighted by Crippen LogP contribution is 2.31. The number of aromatic nitrogens is 4. The van der Waals surface area contributed by atoms with E-state index in [-0.39, 0.29) is 24.7 Å². The standard InChI is InChI=1S/C25H25F3N6O4/c1-14-6-7-21-31-32-22(34(14)21)18-4-3-5-20(29-18)30-23(35)17-10-16-12-33(24(36)38-13-25(26,27)28)9-8-15(16)11-19(17)37-2/h3-5,10-11,14H,6-9,12-13H2,1-2H3,(H,29,30,35)/t14-/m0/s1. The molecule has 2 aliphatic rings. The molecule has 38 heavy (non-hydrogen) atoms. The van der Waals surface area contributed by atoms with Gasteiger partial charge in [0, 0.05) is 25.6 Å². The number of rotatable bonds is 5. The molecule has 0 radical (unpaired) electrons. The van der Waals surface area contributed by atoms with Crippen LogP contribution in [0.5, 0.6) is 5.75 Å².